The standard InChI is InChI=1S/C17H16N2O2/c1-2-16-15(14-5-3-4-6-17(14)18-16)11-12-7-9-13(10-8-12)19(20)21/h3-10,18H,2,11H2,1H3. The summed E-state index contributed by atoms with van der Waals surface area (Å²) in [6, 6.07) is 15.0. The lowest BCUT2D eigenvalue weighted by Crippen LogP contribution is -1.93. The molecule has 106 valence electrons. The Bertz CT molecular complexity index is 788. The van der Waals surface area contributed by atoms with Crippen LogP contribution in [0.2, 0.25) is 0 Å². The Morgan fingerprint density at radius 1 is 1.10 bits per heavy atom. The van der Waals surface area contributed by atoms with Gasteiger partial charge in [-0.15, -0.1) is 0 Å². The quantitative estimate of drug-likeness (QED) is 0.574. The van der Waals surface area contributed by atoms with Crippen molar-refractivity contribution < 1.29 is 4.92 Å². The highest BCUT2D eigenvalue weighted by atomic mass is 16.6. The number of aromatic amines is 1. The maximum Gasteiger partial charge on any atom is 0.269 e. The van der Waals surface area contributed by atoms with E-state index < -0.39 is 0 Å². The summed E-state index contributed by atoms with van der Waals surface area (Å²) in [7, 11) is 0. The van der Waals surface area contributed by atoms with Crippen LogP contribution < -0.4 is 0 Å². The molecular formula is C17H16N2O2. The minimum Gasteiger partial charge on any atom is -0.358 e. The van der Waals surface area contributed by atoms with Gasteiger partial charge in [0.05, 0.1) is 4.92 Å². The number of hydrogen-bond donors (Lipinski definition) is 1. The fourth-order valence-corrected chi connectivity index (χ4v) is 2.70. The van der Waals surface area contributed by atoms with Gasteiger partial charge in [-0.25, -0.2) is 0 Å². The summed E-state index contributed by atoms with van der Waals surface area (Å²) in [5, 5.41) is 11.9. The largest absolute Gasteiger partial charge is 0.358 e. The molecule has 0 unspecified atom stereocenters. The summed E-state index contributed by atoms with van der Waals surface area (Å²) >= 11 is 0. The minimum atomic E-state index is -0.368. The lowest BCUT2D eigenvalue weighted by atomic mass is 10.0. The number of non-ortho nitro benzene ring substituents is 1. The molecule has 0 saturated heterocycles. The van der Waals surface area contributed by atoms with Gasteiger partial charge in [-0.2, -0.15) is 0 Å². The number of fused-ring (bicyclic) bond motifs is 1. The normalized spacial score (nSPS) is 10.9. The fourth-order valence-electron chi connectivity index (χ4n) is 2.70. The molecule has 1 heterocycles. The summed E-state index contributed by atoms with van der Waals surface area (Å²) in [6.07, 6.45) is 1.72. The fraction of sp³-hybridized carbons (Fsp3) is 0.176. The lowest BCUT2D eigenvalue weighted by Gasteiger charge is -2.04. The molecule has 0 aliphatic carbocycles. The van der Waals surface area contributed by atoms with Gasteiger partial charge in [0.15, 0.2) is 0 Å². The number of rotatable bonds is 4. The smallest absolute Gasteiger partial charge is 0.269 e. The molecule has 0 spiro atoms. The Labute approximate surface area is 122 Å². The van der Waals surface area contributed by atoms with Crippen LogP contribution in [0.3, 0.4) is 0 Å². The minimum absolute atomic E-state index is 0.133. The van der Waals surface area contributed by atoms with Crippen molar-refractivity contribution in [2.45, 2.75) is 19.8 Å². The number of para-hydroxylation sites is 1. The van der Waals surface area contributed by atoms with Crippen molar-refractivity contribution in [3.63, 3.8) is 0 Å². The monoisotopic (exact) mass is 280 g/mol. The van der Waals surface area contributed by atoms with Crippen LogP contribution >= 0.6 is 0 Å². The Morgan fingerprint density at radius 3 is 2.48 bits per heavy atom. The molecule has 0 amide bonds. The van der Waals surface area contributed by atoms with Crippen molar-refractivity contribution in [1.29, 1.82) is 0 Å². The number of aromatic nitrogens is 1. The van der Waals surface area contributed by atoms with E-state index in [0.29, 0.717) is 0 Å². The molecule has 0 saturated carbocycles. The van der Waals surface area contributed by atoms with E-state index >= 15 is 0 Å². The van der Waals surface area contributed by atoms with Crippen LogP contribution in [0.4, 0.5) is 5.69 Å². The topological polar surface area (TPSA) is 58.9 Å². The number of hydrogen-bond acceptors (Lipinski definition) is 2. The first kappa shape index (κ1) is 13.4. The number of nitrogens with one attached hydrogen (secondary N) is 1. The van der Waals surface area contributed by atoms with Crippen LogP contribution in [0.25, 0.3) is 10.9 Å². The van der Waals surface area contributed by atoms with Crippen LogP contribution in [0.5, 0.6) is 0 Å². The third-order valence-electron chi connectivity index (χ3n) is 3.78. The van der Waals surface area contributed by atoms with Gasteiger partial charge in [-0.1, -0.05) is 37.3 Å². The van der Waals surface area contributed by atoms with Crippen LogP contribution in [0.15, 0.2) is 48.5 Å². The van der Waals surface area contributed by atoms with Crippen molar-refractivity contribution in [1.82, 2.24) is 4.98 Å². The summed E-state index contributed by atoms with van der Waals surface area (Å²) < 4.78 is 0. The number of nitro benzene ring substituents is 1. The maximum atomic E-state index is 10.7. The Morgan fingerprint density at radius 2 is 1.81 bits per heavy atom. The predicted octanol–water partition coefficient (Wildman–Crippen LogP) is 4.23. The molecule has 3 rings (SSSR count). The molecule has 1 N–H and O–H groups in total. The number of nitrogens with zero attached hydrogens (tertiary/aromatic N) is 1. The van der Waals surface area contributed by atoms with Crippen LogP contribution in [0, 0.1) is 10.1 Å². The van der Waals surface area contributed by atoms with Crippen molar-refractivity contribution in [3.05, 3.63) is 75.5 Å². The molecule has 0 aliphatic heterocycles. The van der Waals surface area contributed by atoms with E-state index in [0.717, 1.165) is 23.9 Å². The highest BCUT2D eigenvalue weighted by Gasteiger charge is 2.11. The number of nitro groups is 1. The first-order chi connectivity index (χ1) is 10.2. The van der Waals surface area contributed by atoms with Gasteiger partial charge in [-0.3, -0.25) is 10.1 Å². The Kier molecular flexibility index (Phi) is 3.44. The Balaban J connectivity index is 1.99. The van der Waals surface area contributed by atoms with Gasteiger partial charge in [0.2, 0.25) is 0 Å². The summed E-state index contributed by atoms with van der Waals surface area (Å²) in [6.45, 7) is 2.13. The summed E-state index contributed by atoms with van der Waals surface area (Å²) in [5.41, 5.74) is 4.87. The Hall–Kier alpha value is -2.62. The van der Waals surface area contributed by atoms with E-state index in [4.69, 9.17) is 0 Å². The van der Waals surface area contributed by atoms with E-state index in [2.05, 4.69) is 24.0 Å². The highest BCUT2D eigenvalue weighted by Crippen LogP contribution is 2.26. The zero-order valence-electron chi connectivity index (χ0n) is 11.8. The lowest BCUT2D eigenvalue weighted by molar-refractivity contribution is -0.384. The van der Waals surface area contributed by atoms with Gasteiger partial charge >= 0.3 is 0 Å². The van der Waals surface area contributed by atoms with Gasteiger partial charge in [-0.05, 0) is 30.0 Å². The van der Waals surface area contributed by atoms with Gasteiger partial charge in [0.1, 0.15) is 0 Å². The van der Waals surface area contributed by atoms with Gasteiger partial charge < -0.3 is 4.98 Å². The molecule has 2 aromatic carbocycles. The second kappa shape index (κ2) is 5.40. The second-order valence-electron chi connectivity index (χ2n) is 5.08. The molecule has 0 bridgehead atoms. The molecule has 21 heavy (non-hydrogen) atoms. The summed E-state index contributed by atoms with van der Waals surface area (Å²) in [4.78, 5) is 13.8. The van der Waals surface area contributed by atoms with E-state index in [1.807, 2.05) is 24.3 Å². The number of benzene rings is 2. The highest BCUT2D eigenvalue weighted by molar-refractivity contribution is 5.85. The van der Waals surface area contributed by atoms with Crippen LogP contribution in [0.1, 0.15) is 23.7 Å². The predicted molar refractivity (Wildman–Crippen MR) is 83.6 cm³/mol. The molecule has 0 aliphatic rings. The average molecular weight is 280 g/mol. The van der Waals surface area contributed by atoms with Crippen LogP contribution in [-0.4, -0.2) is 9.91 Å². The van der Waals surface area contributed by atoms with E-state index in [1.54, 1.807) is 12.1 Å². The zero-order chi connectivity index (χ0) is 14.8. The van der Waals surface area contributed by atoms with Crippen molar-refractivity contribution in [3.8, 4) is 0 Å². The van der Waals surface area contributed by atoms with Crippen molar-refractivity contribution in [2.75, 3.05) is 0 Å². The second-order valence-corrected chi connectivity index (χ2v) is 5.08. The molecule has 0 radical (unpaired) electrons. The first-order valence-corrected chi connectivity index (χ1v) is 7.01. The SMILES string of the molecule is CCc1[nH]c2ccccc2c1Cc1ccc([N+](=O)[O-])cc1. The molecule has 4 nitrogen and oxygen atoms in total. The molecule has 4 heteroatoms. The molecular weight excluding hydrogens is 264 g/mol. The molecule has 0 fully saturated rings. The zero-order valence-corrected chi connectivity index (χ0v) is 11.8. The third-order valence-corrected chi connectivity index (χ3v) is 3.78. The van der Waals surface area contributed by atoms with Crippen LogP contribution in [-0.2, 0) is 12.8 Å². The average Bonchev–Trinajstić information content (AvgIpc) is 2.86. The molecule has 1 aromatic heterocycles. The number of aryl methyl sites for hydroxylation is 1. The summed E-state index contributed by atoms with van der Waals surface area (Å²) in [5.74, 6) is 0. The number of H-pyrrole nitrogens is 1. The molecule has 0 atom stereocenters. The first-order valence-electron chi connectivity index (χ1n) is 7.01. The van der Waals surface area contributed by atoms with E-state index in [9.17, 15) is 10.1 Å². The third kappa shape index (κ3) is 2.52. The van der Waals surface area contributed by atoms with Gasteiger partial charge in [0.25, 0.3) is 5.69 Å². The van der Waals surface area contributed by atoms with Crippen molar-refractivity contribution >= 4 is 16.6 Å². The molecule has 3 aromatic rings. The van der Waals surface area contributed by atoms with E-state index in [-0.39, 0.29) is 10.6 Å². The maximum absolute atomic E-state index is 10.7. The van der Waals surface area contributed by atoms with E-state index in [1.165, 1.54) is 16.6 Å². The van der Waals surface area contributed by atoms with Gasteiger partial charge in [0, 0.05) is 28.7 Å². The van der Waals surface area contributed by atoms with Crippen molar-refractivity contribution in [2.24, 2.45) is 0 Å².